The predicted octanol–water partition coefficient (Wildman–Crippen LogP) is 4.42. The van der Waals surface area contributed by atoms with Crippen LogP contribution < -0.4 is 9.64 Å². The molecule has 1 aromatic heterocycles. The van der Waals surface area contributed by atoms with E-state index < -0.39 is 0 Å². The minimum absolute atomic E-state index is 0.536. The van der Waals surface area contributed by atoms with E-state index in [1.165, 1.54) is 5.56 Å². The van der Waals surface area contributed by atoms with Crippen molar-refractivity contribution in [3.8, 4) is 5.75 Å². The number of aromatic nitrogens is 1. The third kappa shape index (κ3) is 3.55. The largest absolute Gasteiger partial charge is 0.497 e. The van der Waals surface area contributed by atoms with Gasteiger partial charge in [-0.25, -0.2) is 9.98 Å². The molecule has 5 nitrogen and oxygen atoms in total. The van der Waals surface area contributed by atoms with Crippen LogP contribution in [0.2, 0.25) is 0 Å². The zero-order chi connectivity index (χ0) is 17.8. The molecule has 26 heavy (non-hydrogen) atoms. The lowest BCUT2D eigenvalue weighted by atomic mass is 10.1. The first-order valence-corrected chi connectivity index (χ1v) is 9.13. The summed E-state index contributed by atoms with van der Waals surface area (Å²) in [6.45, 7) is 2.46. The molecular weight excluding hydrogens is 346 g/mol. The molecule has 1 radical (unpaired) electrons. The van der Waals surface area contributed by atoms with Crippen LogP contribution >= 0.6 is 11.3 Å². The summed E-state index contributed by atoms with van der Waals surface area (Å²) in [4.78, 5) is 10.9. The van der Waals surface area contributed by atoms with Gasteiger partial charge in [0, 0.05) is 12.6 Å². The van der Waals surface area contributed by atoms with Gasteiger partial charge in [0.1, 0.15) is 5.75 Å². The Morgan fingerprint density at radius 2 is 1.92 bits per heavy atom. The second-order valence-electron chi connectivity index (χ2n) is 5.68. The molecule has 0 N–H and O–H groups in total. The lowest BCUT2D eigenvalue weighted by molar-refractivity contribution is 0.302. The van der Waals surface area contributed by atoms with Crippen LogP contribution in [0.25, 0.3) is 10.2 Å². The van der Waals surface area contributed by atoms with Gasteiger partial charge >= 0.3 is 0 Å². The molecule has 2 aromatic carbocycles. The third-order valence-corrected chi connectivity index (χ3v) is 5.02. The lowest BCUT2D eigenvalue weighted by Gasteiger charge is -2.23. The van der Waals surface area contributed by atoms with Crippen LogP contribution in [0.3, 0.4) is 0 Å². The van der Waals surface area contributed by atoms with Gasteiger partial charge in [-0.3, -0.25) is 4.90 Å². The number of aliphatic imine (C=N–C) groups is 1. The van der Waals surface area contributed by atoms with E-state index in [4.69, 9.17) is 9.47 Å². The van der Waals surface area contributed by atoms with E-state index in [2.05, 4.69) is 16.0 Å². The number of para-hydroxylation sites is 1. The molecule has 131 valence electrons. The molecule has 0 aliphatic carbocycles. The molecule has 0 atom stereocenters. The van der Waals surface area contributed by atoms with Crippen LogP contribution in [-0.4, -0.2) is 24.7 Å². The van der Waals surface area contributed by atoms with Crippen molar-refractivity contribution in [2.24, 2.45) is 4.99 Å². The predicted molar refractivity (Wildman–Crippen MR) is 106 cm³/mol. The van der Waals surface area contributed by atoms with E-state index in [-0.39, 0.29) is 0 Å². The van der Waals surface area contributed by atoms with Crippen molar-refractivity contribution in [3.05, 3.63) is 72.9 Å². The first kappa shape index (κ1) is 16.6. The van der Waals surface area contributed by atoms with E-state index in [9.17, 15) is 0 Å². The summed E-state index contributed by atoms with van der Waals surface area (Å²) in [6.07, 6.45) is 4.40. The maximum absolute atomic E-state index is 5.94. The average molecular weight is 364 g/mol. The topological polar surface area (TPSA) is 47.0 Å². The summed E-state index contributed by atoms with van der Waals surface area (Å²) < 4.78 is 12.3. The standard InChI is InChI=1S/C20H18N3O2S/c1-24-16-9-7-15(8-10-16)11-14-25-19-21-12-4-13-23(19)20-22-17-5-2-3-6-18(17)26-20/h2-10,12-13H,11,14H2,1H3. The number of benzene rings is 2. The summed E-state index contributed by atoms with van der Waals surface area (Å²) in [6, 6.07) is 16.6. The fraction of sp³-hybridized carbons (Fsp3) is 0.150. The van der Waals surface area contributed by atoms with Crippen LogP contribution in [0.5, 0.6) is 5.75 Å². The molecule has 0 spiro atoms. The average Bonchev–Trinajstić information content (AvgIpc) is 3.13. The van der Waals surface area contributed by atoms with Crippen molar-refractivity contribution in [2.45, 2.75) is 6.42 Å². The van der Waals surface area contributed by atoms with E-state index in [0.717, 1.165) is 27.5 Å². The Balaban J connectivity index is 1.43. The quantitative estimate of drug-likeness (QED) is 0.672. The molecule has 4 rings (SSSR count). The van der Waals surface area contributed by atoms with Crippen LogP contribution in [0.1, 0.15) is 5.56 Å². The monoisotopic (exact) mass is 364 g/mol. The molecule has 0 saturated heterocycles. The molecule has 0 saturated carbocycles. The highest BCUT2D eigenvalue weighted by molar-refractivity contribution is 7.22. The molecule has 3 aromatic rings. The SMILES string of the molecule is COc1ccc(CCOC2=NC=C[CH]N2c2nc3ccccc3s2)cc1. The summed E-state index contributed by atoms with van der Waals surface area (Å²) in [5.74, 6) is 0.855. The van der Waals surface area contributed by atoms with Gasteiger partial charge in [0.15, 0.2) is 5.13 Å². The Morgan fingerprint density at radius 1 is 1.08 bits per heavy atom. The number of rotatable bonds is 5. The van der Waals surface area contributed by atoms with Crippen molar-refractivity contribution < 1.29 is 9.47 Å². The number of hydrogen-bond donors (Lipinski definition) is 0. The molecule has 1 aliphatic heterocycles. The van der Waals surface area contributed by atoms with Crippen molar-refractivity contribution in [1.29, 1.82) is 0 Å². The molecule has 2 heterocycles. The van der Waals surface area contributed by atoms with E-state index >= 15 is 0 Å². The first-order valence-electron chi connectivity index (χ1n) is 8.32. The van der Waals surface area contributed by atoms with Gasteiger partial charge in [0.25, 0.3) is 6.02 Å². The van der Waals surface area contributed by atoms with Crippen molar-refractivity contribution in [3.63, 3.8) is 0 Å². The Hall–Kier alpha value is -2.86. The van der Waals surface area contributed by atoms with Gasteiger partial charge in [-0.05, 0) is 35.9 Å². The molecule has 0 unspecified atom stereocenters. The van der Waals surface area contributed by atoms with Gasteiger partial charge in [-0.1, -0.05) is 35.6 Å². The highest BCUT2D eigenvalue weighted by Gasteiger charge is 2.20. The van der Waals surface area contributed by atoms with Crippen molar-refractivity contribution >= 4 is 32.7 Å². The minimum Gasteiger partial charge on any atom is -0.497 e. The summed E-state index contributed by atoms with van der Waals surface area (Å²) in [7, 11) is 1.67. The number of thiazole rings is 1. The smallest absolute Gasteiger partial charge is 0.299 e. The van der Waals surface area contributed by atoms with E-state index in [0.29, 0.717) is 12.6 Å². The van der Waals surface area contributed by atoms with Crippen LogP contribution in [0, 0.1) is 6.54 Å². The normalized spacial score (nSPS) is 13.7. The Bertz CT molecular complexity index is 914. The second kappa shape index (κ2) is 7.58. The zero-order valence-electron chi connectivity index (χ0n) is 14.3. The molecule has 0 amide bonds. The highest BCUT2D eigenvalue weighted by Crippen LogP contribution is 2.30. The van der Waals surface area contributed by atoms with Gasteiger partial charge in [-0.15, -0.1) is 0 Å². The maximum atomic E-state index is 5.94. The van der Waals surface area contributed by atoms with E-state index in [1.807, 2.05) is 60.0 Å². The van der Waals surface area contributed by atoms with Gasteiger partial charge in [-0.2, -0.15) is 0 Å². The fourth-order valence-corrected chi connectivity index (χ4v) is 3.57. The third-order valence-electron chi connectivity index (χ3n) is 3.98. The Morgan fingerprint density at radius 3 is 2.73 bits per heavy atom. The molecular formula is C20H18N3O2S. The number of ether oxygens (including phenoxy) is 2. The highest BCUT2D eigenvalue weighted by atomic mass is 32.1. The molecule has 1 aliphatic rings. The second-order valence-corrected chi connectivity index (χ2v) is 6.69. The first-order chi connectivity index (χ1) is 12.8. The van der Waals surface area contributed by atoms with Crippen LogP contribution in [0.15, 0.2) is 65.8 Å². The van der Waals surface area contributed by atoms with E-state index in [1.54, 1.807) is 24.6 Å². The minimum atomic E-state index is 0.536. The number of methoxy groups -OCH3 is 1. The summed E-state index contributed by atoms with van der Waals surface area (Å²) in [5.41, 5.74) is 2.17. The lowest BCUT2D eigenvalue weighted by Crippen LogP contribution is -2.32. The number of nitrogens with zero attached hydrogens (tertiary/aromatic N) is 3. The Labute approximate surface area is 156 Å². The molecule has 0 bridgehead atoms. The summed E-state index contributed by atoms with van der Waals surface area (Å²) >= 11 is 1.62. The summed E-state index contributed by atoms with van der Waals surface area (Å²) in [5, 5.41) is 0.846. The van der Waals surface area contributed by atoms with Crippen molar-refractivity contribution in [1.82, 2.24) is 4.98 Å². The van der Waals surface area contributed by atoms with Crippen molar-refractivity contribution in [2.75, 3.05) is 18.6 Å². The number of anilines is 1. The Kier molecular flexibility index (Phi) is 4.84. The van der Waals surface area contributed by atoms with Gasteiger partial charge in [0.05, 0.1) is 30.5 Å². The number of fused-ring (bicyclic) bond motifs is 1. The van der Waals surface area contributed by atoms with Crippen LogP contribution in [0.4, 0.5) is 5.13 Å². The van der Waals surface area contributed by atoms with Gasteiger partial charge < -0.3 is 9.47 Å². The van der Waals surface area contributed by atoms with Crippen LogP contribution in [-0.2, 0) is 11.2 Å². The zero-order valence-corrected chi connectivity index (χ0v) is 15.1. The maximum Gasteiger partial charge on any atom is 0.299 e. The fourth-order valence-electron chi connectivity index (χ4n) is 2.63. The number of hydrogen-bond acceptors (Lipinski definition) is 6. The molecule has 0 fully saturated rings. The van der Waals surface area contributed by atoms with Gasteiger partial charge in [0.2, 0.25) is 0 Å². The molecule has 6 heteroatoms. The number of amidine groups is 1.